The Morgan fingerprint density at radius 3 is 1.85 bits per heavy atom. The zero-order chi connectivity index (χ0) is 43.4. The fourth-order valence-electron chi connectivity index (χ4n) is 6.29. The Morgan fingerprint density at radius 2 is 1.24 bits per heavy atom. The van der Waals surface area contributed by atoms with Crippen LogP contribution < -0.4 is 5.73 Å². The summed E-state index contributed by atoms with van der Waals surface area (Å²) in [6.45, 7) is 7.79. The first-order chi connectivity index (χ1) is 28.5. The highest BCUT2D eigenvalue weighted by atomic mass is 31.2. The summed E-state index contributed by atoms with van der Waals surface area (Å²) in [6.07, 6.45) is 35.9. The first kappa shape index (κ1) is 54.2. The molecule has 4 N–H and O–H groups in total. The molecule has 12 heteroatoms. The lowest BCUT2D eigenvalue weighted by Gasteiger charge is -2.19. The van der Waals surface area contributed by atoms with E-state index in [0.717, 1.165) is 89.2 Å². The average Bonchev–Trinajstić information content (AvgIpc) is 3.48. The van der Waals surface area contributed by atoms with Crippen molar-refractivity contribution in [3.8, 4) is 0 Å². The maximum absolute atomic E-state index is 12.6. The van der Waals surface area contributed by atoms with Crippen LogP contribution in [0.2, 0.25) is 0 Å². The van der Waals surface area contributed by atoms with E-state index in [-0.39, 0.29) is 38.7 Å². The monoisotopic (exact) mass is 850 g/mol. The molecular formula is C47H80NO10P. The fourth-order valence-corrected chi connectivity index (χ4v) is 7.06. The summed E-state index contributed by atoms with van der Waals surface area (Å²) < 4.78 is 39.0. The van der Waals surface area contributed by atoms with Crippen molar-refractivity contribution in [1.82, 2.24) is 0 Å². The molecule has 1 unspecified atom stereocenters. The number of hydrogen-bond acceptors (Lipinski definition) is 10. The molecule has 0 bridgehead atoms. The summed E-state index contributed by atoms with van der Waals surface area (Å²) in [7, 11) is -4.42. The third kappa shape index (κ3) is 30.0. The molecule has 0 spiro atoms. The van der Waals surface area contributed by atoms with Crippen LogP contribution in [0.15, 0.2) is 53.0 Å². The molecule has 0 aliphatic rings. The predicted molar refractivity (Wildman–Crippen MR) is 238 cm³/mol. The number of unbranched alkanes of at least 4 members (excludes halogenated alkanes) is 11. The van der Waals surface area contributed by atoms with Gasteiger partial charge in [-0.2, -0.15) is 0 Å². The van der Waals surface area contributed by atoms with Gasteiger partial charge in [0.2, 0.25) is 0 Å². The van der Waals surface area contributed by atoms with Crippen LogP contribution in [0.1, 0.15) is 171 Å². The Morgan fingerprint density at radius 1 is 0.695 bits per heavy atom. The number of hydrogen-bond donors (Lipinski definition) is 3. The zero-order valence-corrected chi connectivity index (χ0v) is 37.9. The van der Waals surface area contributed by atoms with Crippen LogP contribution in [-0.2, 0) is 45.5 Å². The predicted octanol–water partition coefficient (Wildman–Crippen LogP) is 11.3. The number of esters is 2. The molecular weight excluding hydrogens is 769 g/mol. The number of ether oxygens (including phenoxy) is 2. The van der Waals surface area contributed by atoms with Crippen molar-refractivity contribution in [3.05, 3.63) is 71.3 Å². The van der Waals surface area contributed by atoms with Crippen LogP contribution >= 0.6 is 7.82 Å². The van der Waals surface area contributed by atoms with Crippen LogP contribution in [0.4, 0.5) is 0 Å². The van der Waals surface area contributed by atoms with E-state index in [1.807, 2.05) is 24.3 Å². The van der Waals surface area contributed by atoms with E-state index in [4.69, 9.17) is 28.7 Å². The summed E-state index contributed by atoms with van der Waals surface area (Å²) in [6, 6.07) is 0. The van der Waals surface area contributed by atoms with E-state index >= 15 is 0 Å². The van der Waals surface area contributed by atoms with Gasteiger partial charge in [0.15, 0.2) is 6.10 Å². The number of aliphatic hydroxyl groups excluding tert-OH is 1. The number of aliphatic hydroxyl groups is 1. The second-order valence-electron chi connectivity index (χ2n) is 15.3. The van der Waals surface area contributed by atoms with Crippen molar-refractivity contribution < 1.29 is 47.1 Å². The molecule has 1 rings (SSSR count). The number of phosphoric acid groups is 1. The lowest BCUT2D eigenvalue weighted by molar-refractivity contribution is -0.161. The Balaban J connectivity index is 2.30. The number of phosphoric ester groups is 1. The smallest absolute Gasteiger partial charge is 0.466 e. The molecule has 0 saturated heterocycles. The first-order valence-corrected chi connectivity index (χ1v) is 24.1. The minimum absolute atomic E-state index is 0.0302. The van der Waals surface area contributed by atoms with Gasteiger partial charge in [0, 0.05) is 32.2 Å². The van der Waals surface area contributed by atoms with Gasteiger partial charge >= 0.3 is 19.8 Å². The lowest BCUT2D eigenvalue weighted by atomic mass is 10.0. The zero-order valence-electron chi connectivity index (χ0n) is 37.1. The number of carbonyl (C=O) groups excluding carboxylic acids is 2. The maximum Gasteiger partial charge on any atom is 0.472 e. The van der Waals surface area contributed by atoms with E-state index < -0.39 is 32.5 Å². The van der Waals surface area contributed by atoms with E-state index in [0.29, 0.717) is 19.3 Å². The third-order valence-corrected chi connectivity index (χ3v) is 11.0. The minimum atomic E-state index is -4.42. The Kier molecular flexibility index (Phi) is 33.0. The van der Waals surface area contributed by atoms with Crippen molar-refractivity contribution >= 4 is 19.8 Å². The van der Waals surface area contributed by atoms with Gasteiger partial charge in [0.1, 0.15) is 18.1 Å². The van der Waals surface area contributed by atoms with Gasteiger partial charge in [-0.15, -0.1) is 0 Å². The molecule has 1 heterocycles. The van der Waals surface area contributed by atoms with Gasteiger partial charge in [-0.1, -0.05) is 127 Å². The summed E-state index contributed by atoms with van der Waals surface area (Å²) in [4.78, 5) is 35.0. The van der Waals surface area contributed by atoms with E-state index in [1.54, 1.807) is 0 Å². The van der Waals surface area contributed by atoms with Gasteiger partial charge < -0.3 is 29.6 Å². The molecule has 0 saturated carbocycles. The summed E-state index contributed by atoms with van der Waals surface area (Å²) >= 11 is 0. The largest absolute Gasteiger partial charge is 0.472 e. The average molecular weight is 850 g/mol. The summed E-state index contributed by atoms with van der Waals surface area (Å²) in [5, 5.41) is 9.82. The molecule has 0 aliphatic carbocycles. The Bertz CT molecular complexity index is 1400. The highest BCUT2D eigenvalue weighted by Crippen LogP contribution is 2.43. The Labute approximate surface area is 356 Å². The van der Waals surface area contributed by atoms with Crippen LogP contribution in [0.3, 0.4) is 0 Å². The van der Waals surface area contributed by atoms with Crippen molar-refractivity contribution in [3.63, 3.8) is 0 Å². The van der Waals surface area contributed by atoms with E-state index in [2.05, 4.69) is 52.0 Å². The fraction of sp³-hybridized carbons (Fsp3) is 0.702. The molecule has 11 nitrogen and oxygen atoms in total. The minimum Gasteiger partial charge on any atom is -0.466 e. The van der Waals surface area contributed by atoms with Crippen molar-refractivity contribution in [2.45, 2.75) is 188 Å². The summed E-state index contributed by atoms with van der Waals surface area (Å²) in [5.41, 5.74) is 7.99. The Hall–Kier alpha value is -2.79. The van der Waals surface area contributed by atoms with Gasteiger partial charge in [-0.25, -0.2) is 4.57 Å². The number of furan rings is 1. The molecule has 338 valence electrons. The lowest BCUT2D eigenvalue weighted by Crippen LogP contribution is -2.29. The number of carbonyl (C=O) groups is 2. The first-order valence-electron chi connectivity index (χ1n) is 22.6. The number of allylic oxidation sites excluding steroid dienone is 7. The molecule has 0 radical (unpaired) electrons. The standard InChI is InChI=1S/C47H80NO10P/c1-5-7-25-32-44-40(3)41(4)45(58-44)33-27-22-18-15-16-19-23-28-34-46(50)54-38-43(39-56-59(52,53)55-37-36-48)57-47(51)35-29-24-20-14-12-10-9-11-13-17-21-26-31-42(49)30-8-6-2/h9-10,13-14,17,20,26,31,42-43,49H,5-8,11-12,15-16,18-19,21-25,27-30,32-39,48H2,1-4H3,(H,52,53)/b10-9-,17-13-,20-14-,31-26-/t42-,43-/m1/s1. The molecule has 1 aromatic rings. The molecule has 3 atom stereocenters. The SMILES string of the molecule is CCCCCc1oc(CCCCCCCCCCC(=O)OC[C@H](COP(=O)(O)OCCN)OC(=O)CCC/C=C\C/C=C\C/C=C\C/C=C\[C@H](O)CCCC)c(C)c1C. The van der Waals surface area contributed by atoms with Crippen LogP contribution in [-0.4, -0.2) is 60.5 Å². The molecule has 0 fully saturated rings. The van der Waals surface area contributed by atoms with Crippen molar-refractivity contribution in [2.24, 2.45) is 5.73 Å². The maximum atomic E-state index is 12.6. The summed E-state index contributed by atoms with van der Waals surface area (Å²) in [5.74, 6) is 1.38. The normalized spacial score (nSPS) is 14.2. The van der Waals surface area contributed by atoms with Crippen LogP contribution in [0.25, 0.3) is 0 Å². The number of aryl methyl sites for hydroxylation is 2. The molecule has 0 amide bonds. The second kappa shape index (κ2) is 35.9. The number of rotatable bonds is 38. The quantitative estimate of drug-likeness (QED) is 0.0251. The van der Waals surface area contributed by atoms with E-state index in [9.17, 15) is 24.2 Å². The number of nitrogens with two attached hydrogens (primary N) is 1. The van der Waals surface area contributed by atoms with Gasteiger partial charge in [0.05, 0.1) is 19.3 Å². The van der Waals surface area contributed by atoms with Gasteiger partial charge in [0.25, 0.3) is 0 Å². The molecule has 59 heavy (non-hydrogen) atoms. The molecule has 1 aromatic heterocycles. The van der Waals surface area contributed by atoms with Crippen LogP contribution in [0.5, 0.6) is 0 Å². The highest BCUT2D eigenvalue weighted by Gasteiger charge is 2.26. The third-order valence-electron chi connectivity index (χ3n) is 9.99. The van der Waals surface area contributed by atoms with E-state index in [1.165, 1.54) is 49.0 Å². The molecule has 0 aliphatic heterocycles. The second-order valence-corrected chi connectivity index (χ2v) is 16.8. The van der Waals surface area contributed by atoms with Crippen molar-refractivity contribution in [1.29, 1.82) is 0 Å². The van der Waals surface area contributed by atoms with Crippen LogP contribution in [0, 0.1) is 13.8 Å². The van der Waals surface area contributed by atoms with Crippen molar-refractivity contribution in [2.75, 3.05) is 26.4 Å². The van der Waals surface area contributed by atoms with Gasteiger partial charge in [-0.05, 0) is 82.8 Å². The topological polar surface area (TPSA) is 168 Å². The van der Waals surface area contributed by atoms with Gasteiger partial charge in [-0.3, -0.25) is 18.6 Å². The molecule has 0 aromatic carbocycles. The highest BCUT2D eigenvalue weighted by molar-refractivity contribution is 7.47.